The number of nitrogens with zero attached hydrogens (tertiary/aromatic N) is 2. The van der Waals surface area contributed by atoms with Crippen molar-refractivity contribution in [2.45, 2.75) is 13.3 Å². The van der Waals surface area contributed by atoms with Crippen molar-refractivity contribution in [3.8, 4) is 22.8 Å². The molecule has 0 fully saturated rings. The van der Waals surface area contributed by atoms with Gasteiger partial charge in [-0.15, -0.1) is 0 Å². The van der Waals surface area contributed by atoms with Crippen LogP contribution in [0.15, 0.2) is 47.5 Å². The highest BCUT2D eigenvalue weighted by Gasteiger charge is 2.13. The summed E-state index contributed by atoms with van der Waals surface area (Å²) in [6, 6.07) is 8.33. The molecule has 0 aliphatic rings. The monoisotopic (exact) mass is 345 g/mol. The maximum absolute atomic E-state index is 12.5. The zero-order valence-corrected chi connectivity index (χ0v) is 13.8. The van der Waals surface area contributed by atoms with Crippen molar-refractivity contribution in [1.82, 2.24) is 15.0 Å². The second kappa shape index (κ2) is 6.52. The third-order valence-corrected chi connectivity index (χ3v) is 3.93. The number of pyridine rings is 3. The van der Waals surface area contributed by atoms with Crippen molar-refractivity contribution in [2.75, 3.05) is 0 Å². The van der Waals surface area contributed by atoms with Crippen LogP contribution < -0.4 is 5.43 Å². The topological polar surface area (TPSA) is 58.6 Å². The van der Waals surface area contributed by atoms with Crippen LogP contribution in [0.3, 0.4) is 0 Å². The van der Waals surface area contributed by atoms with E-state index in [1.165, 1.54) is 6.07 Å². The van der Waals surface area contributed by atoms with Gasteiger partial charge in [-0.2, -0.15) is 0 Å². The molecule has 3 heterocycles. The SMILES string of the molecule is CCc1c(-c2cc(Cl)ccn2)[nH]c(-c2cc(Cl)ccn2)cc1=O. The van der Waals surface area contributed by atoms with Gasteiger partial charge in [-0.3, -0.25) is 14.8 Å². The standard InChI is InChI=1S/C17H13Cl2N3O/c1-2-12-16(23)9-14(13-7-10(18)3-5-20-13)22-17(12)15-8-11(19)4-6-21-15/h3-9H,2H2,1H3,(H,22,23). The molecule has 4 nitrogen and oxygen atoms in total. The quantitative estimate of drug-likeness (QED) is 0.766. The third-order valence-electron chi connectivity index (χ3n) is 3.46. The lowest BCUT2D eigenvalue weighted by Crippen LogP contribution is -2.12. The number of halogens is 2. The maximum atomic E-state index is 12.5. The lowest BCUT2D eigenvalue weighted by Gasteiger charge is -2.10. The number of H-pyrrole nitrogens is 1. The van der Waals surface area contributed by atoms with E-state index in [9.17, 15) is 4.79 Å². The molecule has 0 radical (unpaired) electrons. The molecule has 116 valence electrons. The minimum Gasteiger partial charge on any atom is -0.352 e. The third kappa shape index (κ3) is 3.28. The van der Waals surface area contributed by atoms with Gasteiger partial charge >= 0.3 is 0 Å². The molecule has 1 N–H and O–H groups in total. The average molecular weight is 346 g/mol. The van der Waals surface area contributed by atoms with Gasteiger partial charge in [0.05, 0.1) is 22.8 Å². The fourth-order valence-electron chi connectivity index (χ4n) is 2.39. The Hall–Kier alpha value is -2.17. The molecule has 23 heavy (non-hydrogen) atoms. The zero-order valence-electron chi connectivity index (χ0n) is 12.3. The highest BCUT2D eigenvalue weighted by molar-refractivity contribution is 6.31. The van der Waals surface area contributed by atoms with Gasteiger partial charge in [0.25, 0.3) is 0 Å². The van der Waals surface area contributed by atoms with Gasteiger partial charge in [0.1, 0.15) is 0 Å². The Morgan fingerprint density at radius 1 is 1.00 bits per heavy atom. The van der Waals surface area contributed by atoms with Crippen LogP contribution in [0.1, 0.15) is 12.5 Å². The Kier molecular flexibility index (Phi) is 4.46. The van der Waals surface area contributed by atoms with E-state index in [0.717, 1.165) is 0 Å². The van der Waals surface area contributed by atoms with Crippen LogP contribution in [0, 0.1) is 0 Å². The van der Waals surface area contributed by atoms with Gasteiger partial charge in [-0.1, -0.05) is 30.1 Å². The van der Waals surface area contributed by atoms with Crippen molar-refractivity contribution in [3.05, 3.63) is 68.6 Å². The van der Waals surface area contributed by atoms with Crippen LogP contribution in [0.2, 0.25) is 10.0 Å². The van der Waals surface area contributed by atoms with Gasteiger partial charge in [-0.25, -0.2) is 0 Å². The molecule has 0 aliphatic heterocycles. The Morgan fingerprint density at radius 2 is 1.61 bits per heavy atom. The number of aromatic amines is 1. The highest BCUT2D eigenvalue weighted by Crippen LogP contribution is 2.24. The van der Waals surface area contributed by atoms with E-state index in [1.807, 2.05) is 6.92 Å². The van der Waals surface area contributed by atoms with Gasteiger partial charge in [0.2, 0.25) is 0 Å². The van der Waals surface area contributed by atoms with Crippen molar-refractivity contribution < 1.29 is 0 Å². The van der Waals surface area contributed by atoms with Crippen LogP contribution in [0.4, 0.5) is 0 Å². The number of rotatable bonds is 3. The first-order chi connectivity index (χ1) is 11.1. The molecule has 0 amide bonds. The molecule has 0 unspecified atom stereocenters. The summed E-state index contributed by atoms with van der Waals surface area (Å²) >= 11 is 12.1. The summed E-state index contributed by atoms with van der Waals surface area (Å²) in [5, 5.41) is 1.11. The maximum Gasteiger partial charge on any atom is 0.186 e. The summed E-state index contributed by atoms with van der Waals surface area (Å²) in [4.78, 5) is 24.3. The normalized spacial score (nSPS) is 10.7. The molecule has 0 aromatic carbocycles. The lowest BCUT2D eigenvalue weighted by atomic mass is 10.1. The number of hydrogen-bond donors (Lipinski definition) is 1. The predicted molar refractivity (Wildman–Crippen MR) is 92.9 cm³/mol. The smallest absolute Gasteiger partial charge is 0.186 e. The predicted octanol–water partition coefficient (Wildman–Crippen LogP) is 4.37. The number of hydrogen-bond acceptors (Lipinski definition) is 3. The van der Waals surface area contributed by atoms with Crippen molar-refractivity contribution in [1.29, 1.82) is 0 Å². The first kappa shape index (κ1) is 15.7. The first-order valence-corrected chi connectivity index (χ1v) is 7.84. The molecular formula is C17H13Cl2N3O. The fraction of sp³-hybridized carbons (Fsp3) is 0.118. The largest absolute Gasteiger partial charge is 0.352 e. The molecule has 3 aromatic rings. The Morgan fingerprint density at radius 3 is 2.22 bits per heavy atom. The van der Waals surface area contributed by atoms with Crippen molar-refractivity contribution in [2.24, 2.45) is 0 Å². The number of aromatic nitrogens is 3. The van der Waals surface area contributed by atoms with E-state index in [1.54, 1.807) is 36.7 Å². The zero-order chi connectivity index (χ0) is 16.4. The van der Waals surface area contributed by atoms with Crippen LogP contribution >= 0.6 is 23.2 Å². The Labute approximate surface area is 143 Å². The van der Waals surface area contributed by atoms with Gasteiger partial charge in [-0.05, 0) is 30.7 Å². The minimum absolute atomic E-state index is 0.0696. The van der Waals surface area contributed by atoms with E-state index < -0.39 is 0 Å². The molecule has 0 spiro atoms. The van der Waals surface area contributed by atoms with E-state index in [2.05, 4.69) is 15.0 Å². The molecule has 0 atom stereocenters. The summed E-state index contributed by atoms with van der Waals surface area (Å²) < 4.78 is 0. The molecule has 3 rings (SSSR count). The molecule has 0 saturated heterocycles. The summed E-state index contributed by atoms with van der Waals surface area (Å²) in [5.41, 5.74) is 3.05. The molecular weight excluding hydrogens is 333 g/mol. The second-order valence-electron chi connectivity index (χ2n) is 4.97. The van der Waals surface area contributed by atoms with E-state index in [-0.39, 0.29) is 5.43 Å². The molecule has 0 bridgehead atoms. The van der Waals surface area contributed by atoms with Crippen LogP contribution in [-0.2, 0) is 6.42 Å². The first-order valence-electron chi connectivity index (χ1n) is 7.08. The molecule has 3 aromatic heterocycles. The summed E-state index contributed by atoms with van der Waals surface area (Å²) in [6.45, 7) is 1.93. The lowest BCUT2D eigenvalue weighted by molar-refractivity contribution is 1.07. The summed E-state index contributed by atoms with van der Waals surface area (Å²) in [7, 11) is 0. The van der Waals surface area contributed by atoms with Crippen LogP contribution in [0.5, 0.6) is 0 Å². The highest BCUT2D eigenvalue weighted by atomic mass is 35.5. The van der Waals surface area contributed by atoms with Gasteiger partial charge in [0.15, 0.2) is 5.43 Å². The minimum atomic E-state index is -0.0696. The molecule has 6 heteroatoms. The van der Waals surface area contributed by atoms with Crippen molar-refractivity contribution in [3.63, 3.8) is 0 Å². The van der Waals surface area contributed by atoms with Crippen molar-refractivity contribution >= 4 is 23.2 Å². The van der Waals surface area contributed by atoms with E-state index in [4.69, 9.17) is 23.2 Å². The average Bonchev–Trinajstić information content (AvgIpc) is 2.54. The number of nitrogens with one attached hydrogen (secondary N) is 1. The Bertz CT molecular complexity index is 922. The molecule has 0 saturated carbocycles. The van der Waals surface area contributed by atoms with E-state index in [0.29, 0.717) is 44.8 Å². The summed E-state index contributed by atoms with van der Waals surface area (Å²) in [6.07, 6.45) is 3.79. The van der Waals surface area contributed by atoms with E-state index >= 15 is 0 Å². The van der Waals surface area contributed by atoms with Crippen LogP contribution in [0.25, 0.3) is 22.8 Å². The molecule has 0 aliphatic carbocycles. The fourth-order valence-corrected chi connectivity index (χ4v) is 2.71. The van der Waals surface area contributed by atoms with Gasteiger partial charge in [0, 0.05) is 34.1 Å². The Balaban J connectivity index is 2.24. The second-order valence-corrected chi connectivity index (χ2v) is 5.85. The summed E-state index contributed by atoms with van der Waals surface area (Å²) in [5.74, 6) is 0. The van der Waals surface area contributed by atoms with Gasteiger partial charge < -0.3 is 4.98 Å². The van der Waals surface area contributed by atoms with Crippen LogP contribution in [-0.4, -0.2) is 15.0 Å².